The highest BCUT2D eigenvalue weighted by atomic mass is 32.2. The summed E-state index contributed by atoms with van der Waals surface area (Å²) in [5.41, 5.74) is 3.89. The van der Waals surface area contributed by atoms with Crippen LogP contribution < -0.4 is 24.3 Å². The van der Waals surface area contributed by atoms with Crippen LogP contribution in [0.1, 0.15) is 95.1 Å². The van der Waals surface area contributed by atoms with Gasteiger partial charge in [0.15, 0.2) is 12.2 Å². The zero-order valence-electron chi connectivity index (χ0n) is 30.4. The summed E-state index contributed by atoms with van der Waals surface area (Å²) in [5, 5.41) is 16.2. The molecule has 4 N–H and O–H groups in total. The molecule has 3 aromatic rings. The van der Waals surface area contributed by atoms with E-state index in [0.29, 0.717) is 30.2 Å². The van der Waals surface area contributed by atoms with Gasteiger partial charge in [0, 0.05) is 29.8 Å². The number of ether oxygens (including phenoxy) is 2. The topological polar surface area (TPSA) is 144 Å². The number of carbonyl (C=O) groups is 2. The van der Waals surface area contributed by atoms with Crippen molar-refractivity contribution in [3.63, 3.8) is 0 Å². The van der Waals surface area contributed by atoms with E-state index < -0.39 is 11.6 Å². The number of carbonyl (C=O) groups excluding carboxylic acids is 1. The summed E-state index contributed by atoms with van der Waals surface area (Å²) < 4.78 is 20.6. The molecule has 0 bridgehead atoms. The number of alkyl carbamates (subject to hydrolysis) is 1. The zero-order valence-corrected chi connectivity index (χ0v) is 31.2. The molecule has 1 spiro atoms. The molecular weight excluding hydrogens is 655 g/mol. The molecule has 5 rings (SSSR count). The van der Waals surface area contributed by atoms with Crippen molar-refractivity contribution in [3.8, 4) is 22.9 Å². The van der Waals surface area contributed by atoms with E-state index in [2.05, 4.69) is 67.1 Å². The van der Waals surface area contributed by atoms with E-state index in [-0.39, 0.29) is 34.6 Å². The van der Waals surface area contributed by atoms with E-state index in [1.165, 1.54) is 12.1 Å². The number of rotatable bonds is 13. The van der Waals surface area contributed by atoms with E-state index in [4.69, 9.17) is 18.6 Å². The molecule has 0 radical (unpaired) electrons. The molecule has 2 fully saturated rings. The number of nitrogens with one attached hydrogen (secondary N) is 3. The highest BCUT2D eigenvalue weighted by Crippen LogP contribution is 2.56. The standard InChI is InChI=1S/C38H51N5O6S/c1-23-11-9-12-24(2)32(23)30-16-31(42-34(41-30)43-50-49-29-14-10-13-25(15-29)33(44)45)47-22-28(17-36(3,4)5)39-26-18-38(19-26)20-27(21-38)40-35(46)48-37(6,7)8/h9-16,26-28,39H,17-22H2,1-8H3,(H,40,46)(H,44,45)(H,41,42,43). The predicted molar refractivity (Wildman–Crippen MR) is 197 cm³/mol. The minimum absolute atomic E-state index is 0.0785. The molecule has 1 heterocycles. The van der Waals surface area contributed by atoms with Gasteiger partial charge in [-0.25, -0.2) is 14.6 Å². The molecule has 12 heteroatoms. The summed E-state index contributed by atoms with van der Waals surface area (Å²) >= 11 is 0.899. The lowest BCUT2D eigenvalue weighted by atomic mass is 9.52. The monoisotopic (exact) mass is 705 g/mol. The van der Waals surface area contributed by atoms with Gasteiger partial charge >= 0.3 is 12.1 Å². The van der Waals surface area contributed by atoms with Crippen molar-refractivity contribution in [2.75, 3.05) is 11.3 Å². The van der Waals surface area contributed by atoms with Gasteiger partial charge < -0.3 is 29.4 Å². The van der Waals surface area contributed by atoms with Crippen LogP contribution in [0.3, 0.4) is 0 Å². The van der Waals surface area contributed by atoms with Crippen molar-refractivity contribution in [3.05, 3.63) is 65.2 Å². The van der Waals surface area contributed by atoms with Gasteiger partial charge in [0.05, 0.1) is 11.3 Å². The second kappa shape index (κ2) is 15.1. The average molecular weight is 706 g/mol. The van der Waals surface area contributed by atoms with Gasteiger partial charge in [-0.1, -0.05) is 45.0 Å². The smallest absolute Gasteiger partial charge is 0.407 e. The number of anilines is 1. The van der Waals surface area contributed by atoms with Gasteiger partial charge in [-0.05, 0) is 107 Å². The van der Waals surface area contributed by atoms with Gasteiger partial charge in [0.25, 0.3) is 0 Å². The Balaban J connectivity index is 1.23. The number of hydrogen-bond acceptors (Lipinski definition) is 10. The maximum atomic E-state index is 12.2. The number of amides is 1. The quantitative estimate of drug-likeness (QED) is 0.101. The number of benzene rings is 2. The largest absolute Gasteiger partial charge is 0.478 e. The van der Waals surface area contributed by atoms with Crippen molar-refractivity contribution in [1.82, 2.24) is 20.6 Å². The summed E-state index contributed by atoms with van der Waals surface area (Å²) in [4.78, 5) is 33.0. The zero-order chi connectivity index (χ0) is 36.3. The van der Waals surface area contributed by atoms with Crippen LogP contribution in [-0.4, -0.2) is 57.5 Å². The van der Waals surface area contributed by atoms with E-state index in [1.807, 2.05) is 32.9 Å². The number of carboxylic acids is 1. The van der Waals surface area contributed by atoms with Gasteiger partial charge in [-0.3, -0.25) is 4.72 Å². The first kappa shape index (κ1) is 37.2. The first-order valence-corrected chi connectivity index (χ1v) is 18.0. The highest BCUT2D eigenvalue weighted by molar-refractivity contribution is 7.96. The van der Waals surface area contributed by atoms with Crippen molar-refractivity contribution in [1.29, 1.82) is 0 Å². The number of nitrogens with zero attached hydrogens (tertiary/aromatic N) is 2. The molecule has 1 unspecified atom stereocenters. The first-order chi connectivity index (χ1) is 23.5. The Hall–Kier alpha value is -4.03. The average Bonchev–Trinajstić information content (AvgIpc) is 2.96. The van der Waals surface area contributed by atoms with E-state index in [1.54, 1.807) is 12.1 Å². The van der Waals surface area contributed by atoms with Crippen LogP contribution in [0.15, 0.2) is 48.5 Å². The fraction of sp³-hybridized carbons (Fsp3) is 0.526. The Labute approximate surface area is 300 Å². The maximum absolute atomic E-state index is 12.2. The van der Waals surface area contributed by atoms with Gasteiger partial charge in [-0.2, -0.15) is 4.98 Å². The second-order valence-corrected chi connectivity index (χ2v) is 16.6. The number of aromatic nitrogens is 2. The van der Waals surface area contributed by atoms with Crippen molar-refractivity contribution >= 4 is 30.2 Å². The third-order valence-corrected chi connectivity index (χ3v) is 9.53. The Morgan fingerprint density at radius 2 is 1.62 bits per heavy atom. The summed E-state index contributed by atoms with van der Waals surface area (Å²) in [6.45, 7) is 16.9. The van der Waals surface area contributed by atoms with Gasteiger partial charge in [0.2, 0.25) is 11.8 Å². The first-order valence-electron chi connectivity index (χ1n) is 17.2. The van der Waals surface area contributed by atoms with E-state index in [9.17, 15) is 14.7 Å². The third-order valence-electron chi connectivity index (χ3n) is 8.99. The van der Waals surface area contributed by atoms with Crippen molar-refractivity contribution in [2.45, 2.75) is 111 Å². The SMILES string of the molecule is Cc1cccc(C)c1-c1cc(OCC(CC(C)(C)C)NC2CC3(CC(NC(=O)OC(C)(C)C)C3)C2)nc(NSOc2cccc(C(=O)O)c2)n1. The summed E-state index contributed by atoms with van der Waals surface area (Å²) in [6, 6.07) is 14.9. The molecule has 2 saturated carbocycles. The number of aryl methyl sites for hydroxylation is 2. The molecular formula is C38H51N5O6S. The molecule has 0 aliphatic heterocycles. The van der Waals surface area contributed by atoms with Crippen LogP contribution in [0.2, 0.25) is 0 Å². The molecule has 2 aliphatic rings. The maximum Gasteiger partial charge on any atom is 0.407 e. The van der Waals surface area contributed by atoms with Crippen LogP contribution in [0.4, 0.5) is 10.7 Å². The van der Waals surface area contributed by atoms with Crippen LogP contribution in [-0.2, 0) is 4.74 Å². The lowest BCUT2D eigenvalue weighted by molar-refractivity contribution is -0.0382. The molecule has 2 aliphatic carbocycles. The normalized spacial score (nSPS) is 20.6. The molecule has 50 heavy (non-hydrogen) atoms. The molecule has 2 aromatic carbocycles. The Kier molecular flexibility index (Phi) is 11.2. The summed E-state index contributed by atoms with van der Waals surface area (Å²) in [5.74, 6) is 0.102. The van der Waals surface area contributed by atoms with Crippen LogP contribution in [0, 0.1) is 24.7 Å². The van der Waals surface area contributed by atoms with Crippen molar-refractivity contribution < 1.29 is 28.4 Å². The lowest BCUT2D eigenvalue weighted by Crippen LogP contribution is -2.62. The van der Waals surface area contributed by atoms with E-state index >= 15 is 0 Å². The summed E-state index contributed by atoms with van der Waals surface area (Å²) in [7, 11) is 0. The Morgan fingerprint density at radius 3 is 2.26 bits per heavy atom. The molecule has 1 atom stereocenters. The van der Waals surface area contributed by atoms with Gasteiger partial charge in [-0.15, -0.1) is 0 Å². The van der Waals surface area contributed by atoms with E-state index in [0.717, 1.165) is 66.7 Å². The van der Waals surface area contributed by atoms with Crippen molar-refractivity contribution in [2.24, 2.45) is 10.8 Å². The molecule has 11 nitrogen and oxygen atoms in total. The fourth-order valence-corrected chi connectivity index (χ4v) is 7.51. The van der Waals surface area contributed by atoms with Crippen LogP contribution in [0.25, 0.3) is 11.3 Å². The summed E-state index contributed by atoms with van der Waals surface area (Å²) in [6.07, 6.45) is 4.69. The number of hydrogen-bond donors (Lipinski definition) is 4. The second-order valence-electron chi connectivity index (χ2n) is 16.1. The van der Waals surface area contributed by atoms with Crippen LogP contribution in [0.5, 0.6) is 11.6 Å². The molecule has 1 amide bonds. The third kappa shape index (κ3) is 10.3. The van der Waals surface area contributed by atoms with Gasteiger partial charge in [0.1, 0.15) is 18.0 Å². The molecule has 1 aromatic heterocycles. The lowest BCUT2D eigenvalue weighted by Gasteiger charge is -2.58. The molecule has 0 saturated heterocycles. The highest BCUT2D eigenvalue weighted by Gasteiger charge is 2.53. The number of aromatic carboxylic acids is 1. The predicted octanol–water partition coefficient (Wildman–Crippen LogP) is 8.12. The number of carboxylic acid groups (broad SMARTS) is 1. The Morgan fingerprint density at radius 1 is 0.960 bits per heavy atom. The van der Waals surface area contributed by atoms with Crippen LogP contribution >= 0.6 is 12.2 Å². The fourth-order valence-electron chi connectivity index (χ4n) is 7.10. The molecule has 270 valence electrons. The minimum atomic E-state index is -1.03. The Bertz CT molecular complexity index is 1650. The minimum Gasteiger partial charge on any atom is -0.478 e.